The van der Waals surface area contributed by atoms with E-state index in [1.807, 2.05) is 30.3 Å². The van der Waals surface area contributed by atoms with E-state index in [9.17, 15) is 4.79 Å². The molecule has 0 spiro atoms. The summed E-state index contributed by atoms with van der Waals surface area (Å²) in [4.78, 5) is 11.5. The summed E-state index contributed by atoms with van der Waals surface area (Å²) in [5.74, 6) is -0.302. The summed E-state index contributed by atoms with van der Waals surface area (Å²) in [6, 6.07) is 9.66. The maximum Gasteiger partial charge on any atom is 0.316 e. The summed E-state index contributed by atoms with van der Waals surface area (Å²) in [6.45, 7) is 2.39. The summed E-state index contributed by atoms with van der Waals surface area (Å²) >= 11 is 0. The van der Waals surface area contributed by atoms with Crippen molar-refractivity contribution in [1.29, 1.82) is 0 Å². The molecule has 4 heteroatoms. The standard InChI is InChI=1S/C13H16O4/c1-13(12(14)15-2)8-16-11(17-9-13)10-6-4-3-5-7-10/h3-7,11H,8-9H2,1-2H3. The van der Waals surface area contributed by atoms with Crippen molar-refractivity contribution < 1.29 is 19.0 Å². The molecule has 0 atom stereocenters. The summed E-state index contributed by atoms with van der Waals surface area (Å²) in [6.07, 6.45) is -0.395. The number of ether oxygens (including phenoxy) is 3. The van der Waals surface area contributed by atoms with E-state index in [1.54, 1.807) is 6.92 Å². The summed E-state index contributed by atoms with van der Waals surface area (Å²) in [5.41, 5.74) is 0.249. The van der Waals surface area contributed by atoms with Crippen LogP contribution in [0, 0.1) is 5.41 Å². The zero-order valence-electron chi connectivity index (χ0n) is 10.0. The van der Waals surface area contributed by atoms with Crippen LogP contribution in [0.3, 0.4) is 0 Å². The first kappa shape index (κ1) is 12.1. The van der Waals surface area contributed by atoms with E-state index in [4.69, 9.17) is 14.2 Å². The molecule has 1 heterocycles. The number of hydrogen-bond acceptors (Lipinski definition) is 4. The Hall–Kier alpha value is -1.39. The average Bonchev–Trinajstić information content (AvgIpc) is 2.39. The van der Waals surface area contributed by atoms with Crippen LogP contribution in [0.4, 0.5) is 0 Å². The van der Waals surface area contributed by atoms with E-state index in [0.717, 1.165) is 5.56 Å². The Bertz CT molecular complexity index is 380. The van der Waals surface area contributed by atoms with Gasteiger partial charge < -0.3 is 14.2 Å². The Balaban J connectivity index is 2.01. The lowest BCUT2D eigenvalue weighted by Crippen LogP contribution is -2.43. The quantitative estimate of drug-likeness (QED) is 0.736. The smallest absolute Gasteiger partial charge is 0.316 e. The molecule has 1 aliphatic heterocycles. The van der Waals surface area contributed by atoms with Crippen LogP contribution in [0.5, 0.6) is 0 Å². The number of esters is 1. The largest absolute Gasteiger partial charge is 0.468 e. The number of hydrogen-bond donors (Lipinski definition) is 0. The Labute approximate surface area is 100 Å². The Kier molecular flexibility index (Phi) is 3.45. The van der Waals surface area contributed by atoms with Gasteiger partial charge in [0.05, 0.1) is 20.3 Å². The van der Waals surface area contributed by atoms with Gasteiger partial charge in [-0.1, -0.05) is 30.3 Å². The van der Waals surface area contributed by atoms with Crippen molar-refractivity contribution in [2.24, 2.45) is 5.41 Å². The van der Waals surface area contributed by atoms with Crippen molar-refractivity contribution in [1.82, 2.24) is 0 Å². The van der Waals surface area contributed by atoms with E-state index in [1.165, 1.54) is 7.11 Å². The monoisotopic (exact) mass is 236 g/mol. The minimum Gasteiger partial charge on any atom is -0.468 e. The third-order valence-corrected chi connectivity index (χ3v) is 2.86. The zero-order valence-corrected chi connectivity index (χ0v) is 10.0. The average molecular weight is 236 g/mol. The minimum absolute atomic E-state index is 0.302. The normalized spacial score (nSPS) is 28.7. The predicted octanol–water partition coefficient (Wildman–Crippen LogP) is 1.91. The number of benzene rings is 1. The van der Waals surface area contributed by atoms with Crippen molar-refractivity contribution >= 4 is 5.97 Å². The molecule has 1 aliphatic rings. The van der Waals surface area contributed by atoms with Crippen LogP contribution in [0.2, 0.25) is 0 Å². The van der Waals surface area contributed by atoms with Crippen molar-refractivity contribution in [3.8, 4) is 0 Å². The van der Waals surface area contributed by atoms with Crippen LogP contribution in [0.15, 0.2) is 30.3 Å². The highest BCUT2D eigenvalue weighted by atomic mass is 16.7. The minimum atomic E-state index is -0.708. The van der Waals surface area contributed by atoms with Crippen LogP contribution in [-0.4, -0.2) is 26.3 Å². The molecule has 1 fully saturated rings. The molecule has 0 aromatic heterocycles. The first-order valence-corrected chi connectivity index (χ1v) is 5.52. The second-order valence-corrected chi connectivity index (χ2v) is 4.42. The maximum absolute atomic E-state index is 11.5. The van der Waals surface area contributed by atoms with Gasteiger partial charge in [-0.05, 0) is 6.92 Å². The van der Waals surface area contributed by atoms with Crippen LogP contribution in [0.25, 0.3) is 0 Å². The van der Waals surface area contributed by atoms with Gasteiger partial charge >= 0.3 is 5.97 Å². The van der Waals surface area contributed by atoms with E-state index < -0.39 is 11.7 Å². The maximum atomic E-state index is 11.5. The second kappa shape index (κ2) is 4.85. The summed E-state index contributed by atoms with van der Waals surface area (Å²) in [5, 5.41) is 0. The van der Waals surface area contributed by atoms with Gasteiger partial charge in [0.1, 0.15) is 5.41 Å². The van der Waals surface area contributed by atoms with Crippen molar-refractivity contribution in [2.75, 3.05) is 20.3 Å². The van der Waals surface area contributed by atoms with Gasteiger partial charge in [-0.2, -0.15) is 0 Å². The molecule has 0 radical (unpaired) electrons. The van der Waals surface area contributed by atoms with Gasteiger partial charge in [0.25, 0.3) is 0 Å². The zero-order chi connectivity index (χ0) is 12.3. The number of methoxy groups -OCH3 is 1. The fourth-order valence-electron chi connectivity index (χ4n) is 1.78. The Morgan fingerprint density at radius 2 is 1.88 bits per heavy atom. The predicted molar refractivity (Wildman–Crippen MR) is 61.2 cm³/mol. The van der Waals surface area contributed by atoms with E-state index >= 15 is 0 Å². The molecule has 0 N–H and O–H groups in total. The highest BCUT2D eigenvalue weighted by molar-refractivity contribution is 5.76. The lowest BCUT2D eigenvalue weighted by Gasteiger charge is -2.35. The molecule has 92 valence electrons. The molecular formula is C13H16O4. The first-order chi connectivity index (χ1) is 8.15. The van der Waals surface area contributed by atoms with Gasteiger partial charge in [0.2, 0.25) is 0 Å². The van der Waals surface area contributed by atoms with Gasteiger partial charge in [0, 0.05) is 5.56 Å². The Morgan fingerprint density at radius 3 is 2.41 bits per heavy atom. The lowest BCUT2D eigenvalue weighted by molar-refractivity contribution is -0.235. The third kappa shape index (κ3) is 2.48. The van der Waals surface area contributed by atoms with Crippen molar-refractivity contribution in [2.45, 2.75) is 13.2 Å². The summed E-state index contributed by atoms with van der Waals surface area (Å²) in [7, 11) is 1.37. The molecule has 0 saturated carbocycles. The highest BCUT2D eigenvalue weighted by Crippen LogP contribution is 2.32. The van der Waals surface area contributed by atoms with Gasteiger partial charge in [-0.25, -0.2) is 0 Å². The highest BCUT2D eigenvalue weighted by Gasteiger charge is 2.40. The molecule has 0 aliphatic carbocycles. The molecule has 0 unspecified atom stereocenters. The van der Waals surface area contributed by atoms with E-state index in [2.05, 4.69) is 0 Å². The molecular weight excluding hydrogens is 220 g/mol. The molecule has 1 saturated heterocycles. The van der Waals surface area contributed by atoms with Crippen molar-refractivity contribution in [3.05, 3.63) is 35.9 Å². The molecule has 2 rings (SSSR count). The topological polar surface area (TPSA) is 44.8 Å². The third-order valence-electron chi connectivity index (χ3n) is 2.86. The molecule has 17 heavy (non-hydrogen) atoms. The molecule has 0 bridgehead atoms. The number of rotatable bonds is 2. The van der Waals surface area contributed by atoms with Crippen LogP contribution < -0.4 is 0 Å². The fraction of sp³-hybridized carbons (Fsp3) is 0.462. The Morgan fingerprint density at radius 1 is 1.29 bits per heavy atom. The molecule has 1 aromatic carbocycles. The number of carbonyl (C=O) groups is 1. The fourth-order valence-corrected chi connectivity index (χ4v) is 1.78. The summed E-state index contributed by atoms with van der Waals surface area (Å²) < 4.78 is 15.9. The SMILES string of the molecule is COC(=O)C1(C)COC(c2ccccc2)OC1. The lowest BCUT2D eigenvalue weighted by atomic mass is 9.92. The molecule has 4 nitrogen and oxygen atoms in total. The van der Waals surface area contributed by atoms with Crippen LogP contribution in [0.1, 0.15) is 18.8 Å². The van der Waals surface area contributed by atoms with Crippen LogP contribution in [-0.2, 0) is 19.0 Å². The van der Waals surface area contributed by atoms with E-state index in [0.29, 0.717) is 13.2 Å². The molecule has 1 aromatic rings. The molecule has 0 amide bonds. The van der Waals surface area contributed by atoms with Crippen molar-refractivity contribution in [3.63, 3.8) is 0 Å². The first-order valence-electron chi connectivity index (χ1n) is 5.52. The number of carbonyl (C=O) groups excluding carboxylic acids is 1. The second-order valence-electron chi connectivity index (χ2n) is 4.42. The van der Waals surface area contributed by atoms with Gasteiger partial charge in [-0.15, -0.1) is 0 Å². The van der Waals surface area contributed by atoms with Gasteiger partial charge in [0.15, 0.2) is 6.29 Å². The van der Waals surface area contributed by atoms with Gasteiger partial charge in [-0.3, -0.25) is 4.79 Å². The van der Waals surface area contributed by atoms with E-state index in [-0.39, 0.29) is 5.97 Å². The van der Waals surface area contributed by atoms with Crippen LogP contribution >= 0.6 is 0 Å².